The van der Waals surface area contributed by atoms with Gasteiger partial charge in [0.15, 0.2) is 0 Å². The van der Waals surface area contributed by atoms with Crippen LogP contribution in [0.15, 0.2) is 94.7 Å². The molecule has 4 aromatic carbocycles. The molecule has 0 saturated carbocycles. The lowest BCUT2D eigenvalue weighted by atomic mass is 10.2. The maximum Gasteiger partial charge on any atom is 0.335 e. The average Bonchev–Trinajstić information content (AvgIpc) is 2.91. The number of phenols is 2. The quantitative estimate of drug-likeness (QED) is 0.143. The molecule has 0 aromatic heterocycles. The third kappa shape index (κ3) is 6.66. The van der Waals surface area contributed by atoms with Gasteiger partial charge in [-0.2, -0.15) is 0 Å². The van der Waals surface area contributed by atoms with E-state index in [0.29, 0.717) is 0 Å². The van der Waals surface area contributed by atoms with E-state index in [2.05, 4.69) is 9.44 Å². The van der Waals surface area contributed by atoms with E-state index in [1.165, 1.54) is 48.5 Å². The number of carboxylic acid groups (broad SMARTS) is 2. The molecule has 212 valence electrons. The molecule has 15 heteroatoms. The van der Waals surface area contributed by atoms with Gasteiger partial charge in [0.25, 0.3) is 20.0 Å². The van der Waals surface area contributed by atoms with Crippen LogP contribution in [0.4, 0.5) is 11.4 Å². The molecular weight excluding hydrogens is 580 g/mol. The molecule has 4 rings (SSSR count). The second kappa shape index (κ2) is 11.1. The third-order valence-electron chi connectivity index (χ3n) is 5.48. The SMILES string of the molecule is O=C(O)c1ccc(NS(=O)(=O)c2ccc(Oc3ccc(S(=O)(=O)Nc4ccc(C(=O)O)cc4O)cc3)cc2)c(O)c1. The number of benzene rings is 4. The van der Waals surface area contributed by atoms with E-state index in [4.69, 9.17) is 14.9 Å². The highest BCUT2D eigenvalue weighted by molar-refractivity contribution is 7.93. The Kier molecular flexibility index (Phi) is 7.75. The van der Waals surface area contributed by atoms with E-state index in [1.54, 1.807) is 0 Å². The number of hydrogen-bond acceptors (Lipinski definition) is 9. The van der Waals surface area contributed by atoms with Crippen molar-refractivity contribution in [1.29, 1.82) is 0 Å². The van der Waals surface area contributed by atoms with Crippen molar-refractivity contribution in [2.45, 2.75) is 9.79 Å². The zero-order valence-corrected chi connectivity index (χ0v) is 22.2. The molecule has 0 saturated heterocycles. The standard InChI is InChI=1S/C26H20N2O11S2/c29-23-13-15(25(31)32)1-11-21(23)27-40(35,36)19-7-3-17(4-8-19)39-18-5-9-20(10-6-18)41(37,38)28-22-12-2-16(26(33)34)14-24(22)30/h1-14,27-30H,(H,31,32)(H,33,34). The van der Waals surface area contributed by atoms with Crippen LogP contribution in [0, 0.1) is 0 Å². The molecule has 6 N–H and O–H groups in total. The highest BCUT2D eigenvalue weighted by Gasteiger charge is 2.19. The van der Waals surface area contributed by atoms with Gasteiger partial charge in [0.2, 0.25) is 0 Å². The fourth-order valence-electron chi connectivity index (χ4n) is 3.42. The lowest BCUT2D eigenvalue weighted by Crippen LogP contribution is -2.13. The maximum absolute atomic E-state index is 12.7. The van der Waals surface area contributed by atoms with Crippen molar-refractivity contribution in [2.75, 3.05) is 9.44 Å². The summed E-state index contributed by atoms with van der Waals surface area (Å²) in [5.41, 5.74) is -0.875. The number of aromatic hydroxyl groups is 2. The maximum atomic E-state index is 12.7. The molecule has 13 nitrogen and oxygen atoms in total. The smallest absolute Gasteiger partial charge is 0.335 e. The fourth-order valence-corrected chi connectivity index (χ4v) is 5.57. The van der Waals surface area contributed by atoms with Gasteiger partial charge in [0, 0.05) is 0 Å². The summed E-state index contributed by atoms with van der Waals surface area (Å²) in [4.78, 5) is 21.6. The molecule has 41 heavy (non-hydrogen) atoms. The van der Waals surface area contributed by atoms with Crippen molar-refractivity contribution >= 4 is 43.4 Å². The Labute approximate surface area is 233 Å². The van der Waals surface area contributed by atoms with Crippen molar-refractivity contribution in [3.63, 3.8) is 0 Å². The van der Waals surface area contributed by atoms with Crippen LogP contribution in [-0.4, -0.2) is 49.2 Å². The number of rotatable bonds is 10. The summed E-state index contributed by atoms with van der Waals surface area (Å²) in [7, 11) is -8.30. The molecule has 0 amide bonds. The van der Waals surface area contributed by atoms with Crippen molar-refractivity contribution in [3.8, 4) is 23.0 Å². The number of carbonyl (C=O) groups is 2. The van der Waals surface area contributed by atoms with Crippen molar-refractivity contribution < 1.29 is 51.6 Å². The Hall–Kier alpha value is -5.28. The Bertz CT molecular complexity index is 1720. The molecular formula is C26H20N2O11S2. The minimum atomic E-state index is -4.15. The van der Waals surface area contributed by atoms with E-state index < -0.39 is 43.5 Å². The Morgan fingerprint density at radius 3 is 1.20 bits per heavy atom. The monoisotopic (exact) mass is 600 g/mol. The number of nitrogens with one attached hydrogen (secondary N) is 2. The summed E-state index contributed by atoms with van der Waals surface area (Å²) in [5.74, 6) is -3.28. The molecule has 0 radical (unpaired) electrons. The molecule has 0 spiro atoms. The molecule has 0 fully saturated rings. The Morgan fingerprint density at radius 1 is 0.561 bits per heavy atom. The molecule has 4 aromatic rings. The molecule has 0 atom stereocenters. The zero-order valence-electron chi connectivity index (χ0n) is 20.5. The fraction of sp³-hybridized carbons (Fsp3) is 0. The van der Waals surface area contributed by atoms with Gasteiger partial charge in [-0.05, 0) is 84.9 Å². The van der Waals surface area contributed by atoms with Gasteiger partial charge in [0.05, 0.1) is 32.3 Å². The van der Waals surface area contributed by atoms with E-state index in [9.17, 15) is 36.6 Å². The van der Waals surface area contributed by atoms with Gasteiger partial charge in [0.1, 0.15) is 23.0 Å². The van der Waals surface area contributed by atoms with Crippen molar-refractivity contribution in [3.05, 3.63) is 96.1 Å². The number of carboxylic acids is 2. The Balaban J connectivity index is 1.43. The summed E-state index contributed by atoms with van der Waals surface area (Å²) in [5, 5.41) is 37.8. The van der Waals surface area contributed by atoms with Crippen LogP contribution < -0.4 is 14.2 Å². The molecule has 0 unspecified atom stereocenters. The molecule has 0 bridgehead atoms. The molecule has 0 aliphatic carbocycles. The minimum absolute atomic E-state index is 0.182. The van der Waals surface area contributed by atoms with Crippen LogP contribution in [0.1, 0.15) is 20.7 Å². The van der Waals surface area contributed by atoms with Crippen LogP contribution in [0.3, 0.4) is 0 Å². The lowest BCUT2D eigenvalue weighted by Gasteiger charge is -2.12. The molecule has 0 aliphatic rings. The van der Waals surface area contributed by atoms with Crippen LogP contribution in [0.25, 0.3) is 0 Å². The lowest BCUT2D eigenvalue weighted by molar-refractivity contribution is 0.0686. The molecule has 0 aliphatic heterocycles. The van der Waals surface area contributed by atoms with Gasteiger partial charge in [-0.1, -0.05) is 0 Å². The van der Waals surface area contributed by atoms with E-state index in [-0.39, 0.29) is 43.8 Å². The first-order valence-corrected chi connectivity index (χ1v) is 14.3. The van der Waals surface area contributed by atoms with Crippen LogP contribution in [0.5, 0.6) is 23.0 Å². The summed E-state index contributed by atoms with van der Waals surface area (Å²) >= 11 is 0. The number of ether oxygens (including phenoxy) is 1. The van der Waals surface area contributed by atoms with Crippen molar-refractivity contribution in [1.82, 2.24) is 0 Å². The number of hydrogen-bond donors (Lipinski definition) is 6. The minimum Gasteiger partial charge on any atom is -0.506 e. The number of sulfonamides is 2. The number of anilines is 2. The first-order valence-electron chi connectivity index (χ1n) is 11.3. The van der Waals surface area contributed by atoms with Gasteiger partial charge in [-0.3, -0.25) is 9.44 Å². The predicted octanol–water partition coefficient (Wildman–Crippen LogP) is 3.89. The van der Waals surface area contributed by atoms with Crippen molar-refractivity contribution in [2.24, 2.45) is 0 Å². The second-order valence-electron chi connectivity index (χ2n) is 8.33. The van der Waals surface area contributed by atoms with E-state index in [0.717, 1.165) is 36.4 Å². The summed E-state index contributed by atoms with van der Waals surface area (Å²) in [6.07, 6.45) is 0. The predicted molar refractivity (Wildman–Crippen MR) is 145 cm³/mol. The van der Waals surface area contributed by atoms with Crippen LogP contribution in [0.2, 0.25) is 0 Å². The number of aromatic carboxylic acids is 2. The van der Waals surface area contributed by atoms with Crippen LogP contribution in [-0.2, 0) is 20.0 Å². The average molecular weight is 601 g/mol. The van der Waals surface area contributed by atoms with E-state index >= 15 is 0 Å². The summed E-state index contributed by atoms with van der Waals surface area (Å²) in [6.45, 7) is 0. The summed E-state index contributed by atoms with van der Waals surface area (Å²) in [6, 6.07) is 16.6. The Morgan fingerprint density at radius 2 is 0.902 bits per heavy atom. The van der Waals surface area contributed by atoms with Gasteiger partial charge in [-0.15, -0.1) is 0 Å². The van der Waals surface area contributed by atoms with Crippen LogP contribution >= 0.6 is 0 Å². The normalized spacial score (nSPS) is 11.4. The number of phenolic OH excluding ortho intramolecular Hbond substituents is 2. The van der Waals surface area contributed by atoms with Gasteiger partial charge in [-0.25, -0.2) is 26.4 Å². The first-order chi connectivity index (χ1) is 19.2. The topological polar surface area (TPSA) is 217 Å². The third-order valence-corrected chi connectivity index (χ3v) is 8.24. The van der Waals surface area contributed by atoms with Gasteiger partial charge >= 0.3 is 11.9 Å². The zero-order chi connectivity index (χ0) is 29.9. The highest BCUT2D eigenvalue weighted by Crippen LogP contribution is 2.30. The second-order valence-corrected chi connectivity index (χ2v) is 11.7. The first kappa shape index (κ1) is 28.7. The summed E-state index contributed by atoms with van der Waals surface area (Å²) < 4.78 is 60.7. The molecule has 0 heterocycles. The van der Waals surface area contributed by atoms with Gasteiger partial charge < -0.3 is 25.2 Å². The highest BCUT2D eigenvalue weighted by atomic mass is 32.2. The largest absolute Gasteiger partial charge is 0.506 e. The van der Waals surface area contributed by atoms with E-state index in [1.807, 2.05) is 0 Å².